The summed E-state index contributed by atoms with van der Waals surface area (Å²) >= 11 is 5.13. The van der Waals surface area contributed by atoms with Crippen LogP contribution in [-0.4, -0.2) is 16.5 Å². The van der Waals surface area contributed by atoms with Crippen LogP contribution >= 0.6 is 27.7 Å². The molecule has 1 aromatic carbocycles. The zero-order valence-electron chi connectivity index (χ0n) is 11.6. The summed E-state index contributed by atoms with van der Waals surface area (Å²) in [4.78, 5) is 9.72. The normalized spacial score (nSPS) is 11.0. The molecule has 5 heteroatoms. The Hall–Kier alpha value is -0.910. The van der Waals surface area contributed by atoms with Crippen LogP contribution in [0.15, 0.2) is 51.2 Å². The van der Waals surface area contributed by atoms with Gasteiger partial charge in [0.05, 0.1) is 0 Å². The summed E-state index contributed by atoms with van der Waals surface area (Å²) in [5.74, 6) is 0.649. The summed E-state index contributed by atoms with van der Waals surface area (Å²) in [6, 6.07) is 8.14. The molecule has 0 spiro atoms. The summed E-state index contributed by atoms with van der Waals surface area (Å²) in [5, 5.41) is 4.26. The van der Waals surface area contributed by atoms with Crippen molar-refractivity contribution in [3.63, 3.8) is 0 Å². The Morgan fingerprint density at radius 2 is 2.00 bits per heavy atom. The second-order valence-corrected chi connectivity index (χ2v) is 6.83. The van der Waals surface area contributed by atoms with E-state index in [-0.39, 0.29) is 0 Å². The molecule has 0 radical (unpaired) electrons. The van der Waals surface area contributed by atoms with Crippen LogP contribution in [0.5, 0.6) is 0 Å². The highest BCUT2D eigenvalue weighted by atomic mass is 79.9. The van der Waals surface area contributed by atoms with Gasteiger partial charge in [0.25, 0.3) is 0 Å². The lowest BCUT2D eigenvalue weighted by molar-refractivity contribution is 0.550. The second kappa shape index (κ2) is 7.76. The van der Waals surface area contributed by atoms with E-state index in [0.717, 1.165) is 22.7 Å². The summed E-state index contributed by atoms with van der Waals surface area (Å²) in [6.07, 6.45) is 3.54. The third-order valence-electron chi connectivity index (χ3n) is 2.63. The van der Waals surface area contributed by atoms with Crippen LogP contribution in [0.1, 0.15) is 19.4 Å². The van der Waals surface area contributed by atoms with E-state index in [1.165, 1.54) is 10.5 Å². The van der Waals surface area contributed by atoms with E-state index in [1.807, 2.05) is 6.07 Å². The van der Waals surface area contributed by atoms with Crippen molar-refractivity contribution in [3.8, 4) is 0 Å². The molecule has 0 atom stereocenters. The summed E-state index contributed by atoms with van der Waals surface area (Å²) < 4.78 is 1.09. The van der Waals surface area contributed by atoms with Gasteiger partial charge in [0.15, 0.2) is 5.16 Å². The number of rotatable bonds is 6. The monoisotopic (exact) mass is 351 g/mol. The maximum atomic E-state index is 4.27. The number of benzene rings is 1. The molecule has 106 valence electrons. The van der Waals surface area contributed by atoms with Crippen LogP contribution in [0.4, 0.5) is 0 Å². The van der Waals surface area contributed by atoms with Gasteiger partial charge in [-0.25, -0.2) is 9.97 Å². The van der Waals surface area contributed by atoms with Crippen molar-refractivity contribution in [2.24, 2.45) is 5.92 Å². The molecule has 0 saturated heterocycles. The molecule has 1 N–H and O–H groups in total. The van der Waals surface area contributed by atoms with E-state index < -0.39 is 0 Å². The van der Waals surface area contributed by atoms with Crippen molar-refractivity contribution < 1.29 is 0 Å². The smallest absolute Gasteiger partial charge is 0.192 e. The van der Waals surface area contributed by atoms with E-state index in [2.05, 4.69) is 63.3 Å². The van der Waals surface area contributed by atoms with E-state index in [4.69, 9.17) is 0 Å². The van der Waals surface area contributed by atoms with E-state index in [0.29, 0.717) is 5.92 Å². The Kier molecular flexibility index (Phi) is 6.01. The third kappa shape index (κ3) is 4.89. The van der Waals surface area contributed by atoms with E-state index in [9.17, 15) is 0 Å². The van der Waals surface area contributed by atoms with E-state index in [1.54, 1.807) is 24.2 Å². The molecule has 2 aromatic rings. The fourth-order valence-corrected chi connectivity index (χ4v) is 2.95. The van der Waals surface area contributed by atoms with Gasteiger partial charge < -0.3 is 5.32 Å². The third-order valence-corrected chi connectivity index (χ3v) is 4.14. The zero-order valence-corrected chi connectivity index (χ0v) is 14.0. The molecular formula is C15H18BrN3S. The number of halogens is 1. The van der Waals surface area contributed by atoms with Crippen LogP contribution < -0.4 is 5.32 Å². The first-order chi connectivity index (χ1) is 9.65. The van der Waals surface area contributed by atoms with Crippen LogP contribution in [0, 0.1) is 5.92 Å². The molecule has 1 heterocycles. The van der Waals surface area contributed by atoms with Gasteiger partial charge in [-0.3, -0.25) is 0 Å². The quantitative estimate of drug-likeness (QED) is 0.793. The topological polar surface area (TPSA) is 37.8 Å². The van der Waals surface area contributed by atoms with Gasteiger partial charge in [-0.2, -0.15) is 0 Å². The van der Waals surface area contributed by atoms with Crippen LogP contribution in [-0.2, 0) is 6.54 Å². The lowest BCUT2D eigenvalue weighted by atomic mass is 10.2. The molecule has 0 fully saturated rings. The fourth-order valence-electron chi connectivity index (χ4n) is 1.72. The highest BCUT2D eigenvalue weighted by Crippen LogP contribution is 2.29. The molecule has 0 amide bonds. The summed E-state index contributed by atoms with van der Waals surface area (Å²) in [5.41, 5.74) is 1.26. The molecule has 0 saturated carbocycles. The van der Waals surface area contributed by atoms with Crippen molar-refractivity contribution in [3.05, 3.63) is 46.7 Å². The number of nitrogens with one attached hydrogen (secondary N) is 1. The SMILES string of the molecule is CC(C)CNCc1cc(Br)ccc1Sc1ncccn1. The van der Waals surface area contributed by atoms with E-state index >= 15 is 0 Å². The van der Waals surface area contributed by atoms with Crippen molar-refractivity contribution >= 4 is 27.7 Å². The predicted molar refractivity (Wildman–Crippen MR) is 86.8 cm³/mol. The standard InChI is InChI=1S/C15H18BrN3S/c1-11(2)9-17-10-12-8-13(16)4-5-14(12)20-15-18-6-3-7-19-15/h3-8,11,17H,9-10H2,1-2H3. The molecule has 0 bridgehead atoms. The Balaban J connectivity index is 2.11. The average molecular weight is 352 g/mol. The first kappa shape index (κ1) is 15.5. The van der Waals surface area contributed by atoms with Gasteiger partial charge in [-0.15, -0.1) is 0 Å². The number of hydrogen-bond acceptors (Lipinski definition) is 4. The Morgan fingerprint density at radius 3 is 2.70 bits per heavy atom. The first-order valence-corrected chi connectivity index (χ1v) is 8.20. The molecule has 2 rings (SSSR count). The van der Waals surface area contributed by atoms with Gasteiger partial charge >= 0.3 is 0 Å². The van der Waals surface area contributed by atoms with Gasteiger partial charge in [0.1, 0.15) is 0 Å². The number of hydrogen-bond donors (Lipinski definition) is 1. The highest BCUT2D eigenvalue weighted by molar-refractivity contribution is 9.10. The van der Waals surface area contributed by atoms with Gasteiger partial charge in [-0.05, 0) is 54.1 Å². The van der Waals surface area contributed by atoms with Gasteiger partial charge in [0.2, 0.25) is 0 Å². The Labute approximate surface area is 132 Å². The number of nitrogens with zero attached hydrogens (tertiary/aromatic N) is 2. The molecule has 1 aromatic heterocycles. The molecule has 0 aliphatic rings. The van der Waals surface area contributed by atoms with Crippen LogP contribution in [0.25, 0.3) is 0 Å². The van der Waals surface area contributed by atoms with Crippen LogP contribution in [0.2, 0.25) is 0 Å². The highest BCUT2D eigenvalue weighted by Gasteiger charge is 2.07. The van der Waals surface area contributed by atoms with Crippen molar-refractivity contribution in [1.82, 2.24) is 15.3 Å². The minimum atomic E-state index is 0.649. The molecule has 0 unspecified atom stereocenters. The second-order valence-electron chi connectivity index (χ2n) is 4.91. The zero-order chi connectivity index (χ0) is 14.4. The Bertz CT molecular complexity index is 546. The molecule has 0 aliphatic heterocycles. The van der Waals surface area contributed by atoms with Crippen molar-refractivity contribution in [2.45, 2.75) is 30.4 Å². The molecular weight excluding hydrogens is 334 g/mol. The predicted octanol–water partition coefficient (Wildman–Crippen LogP) is 4.14. The lowest BCUT2D eigenvalue weighted by Gasteiger charge is -2.11. The largest absolute Gasteiger partial charge is 0.312 e. The fraction of sp³-hybridized carbons (Fsp3) is 0.333. The summed E-state index contributed by atoms with van der Waals surface area (Å²) in [6.45, 7) is 6.29. The van der Waals surface area contributed by atoms with Crippen LogP contribution in [0.3, 0.4) is 0 Å². The molecule has 20 heavy (non-hydrogen) atoms. The number of aromatic nitrogens is 2. The van der Waals surface area contributed by atoms with Gasteiger partial charge in [-0.1, -0.05) is 29.8 Å². The van der Waals surface area contributed by atoms with Crippen molar-refractivity contribution in [1.29, 1.82) is 0 Å². The minimum absolute atomic E-state index is 0.649. The minimum Gasteiger partial charge on any atom is -0.312 e. The molecule has 0 aliphatic carbocycles. The van der Waals surface area contributed by atoms with Gasteiger partial charge in [0, 0.05) is 28.3 Å². The Morgan fingerprint density at radius 1 is 1.25 bits per heavy atom. The average Bonchev–Trinajstić information content (AvgIpc) is 2.42. The van der Waals surface area contributed by atoms with Crippen molar-refractivity contribution in [2.75, 3.05) is 6.54 Å². The molecule has 3 nitrogen and oxygen atoms in total. The maximum Gasteiger partial charge on any atom is 0.192 e. The maximum absolute atomic E-state index is 4.27. The lowest BCUT2D eigenvalue weighted by Crippen LogP contribution is -2.19. The summed E-state index contributed by atoms with van der Waals surface area (Å²) in [7, 11) is 0. The first-order valence-electron chi connectivity index (χ1n) is 6.59.